The number of fused-ring (bicyclic) bond motifs is 1. The van der Waals surface area contributed by atoms with Gasteiger partial charge in [0.1, 0.15) is 11.5 Å². The van der Waals surface area contributed by atoms with Crippen LogP contribution in [0.2, 0.25) is 0 Å². The molecule has 0 radical (unpaired) electrons. The first kappa shape index (κ1) is 13.4. The number of rotatable bonds is 3. The molecule has 0 saturated carbocycles. The van der Waals surface area contributed by atoms with E-state index < -0.39 is 5.60 Å². The van der Waals surface area contributed by atoms with Crippen molar-refractivity contribution in [1.29, 1.82) is 5.26 Å². The molecular formula is C14H15NO4. The van der Waals surface area contributed by atoms with Gasteiger partial charge < -0.3 is 14.6 Å². The molecule has 0 bridgehead atoms. The first-order chi connectivity index (χ1) is 9.04. The fraction of sp³-hybridized carbons (Fsp3) is 0.429. The summed E-state index contributed by atoms with van der Waals surface area (Å²) >= 11 is 0. The van der Waals surface area contributed by atoms with Crippen LogP contribution >= 0.6 is 0 Å². The summed E-state index contributed by atoms with van der Waals surface area (Å²) in [5.74, 6) is 0.773. The van der Waals surface area contributed by atoms with E-state index in [-0.39, 0.29) is 25.0 Å². The van der Waals surface area contributed by atoms with Crippen molar-refractivity contribution >= 4 is 5.78 Å². The number of hydrogen-bond acceptors (Lipinski definition) is 5. The Morgan fingerprint density at radius 1 is 1.32 bits per heavy atom. The maximum Gasteiger partial charge on any atom is 0.169 e. The van der Waals surface area contributed by atoms with Crippen molar-refractivity contribution in [3.8, 4) is 17.6 Å². The number of methoxy groups -OCH3 is 2. The summed E-state index contributed by atoms with van der Waals surface area (Å²) in [7, 11) is 3.00. The second-order valence-electron chi connectivity index (χ2n) is 4.66. The summed E-state index contributed by atoms with van der Waals surface area (Å²) in [5, 5.41) is 19.1. The number of nitrogens with zero attached hydrogens (tertiary/aromatic N) is 1. The SMILES string of the molecule is COc1ccc(OC)c2c1CC(O)(CC#N)CC2=O. The van der Waals surface area contributed by atoms with Gasteiger partial charge in [0.2, 0.25) is 0 Å². The van der Waals surface area contributed by atoms with Gasteiger partial charge in [0.15, 0.2) is 5.78 Å². The molecule has 1 aromatic rings. The molecule has 1 atom stereocenters. The maximum absolute atomic E-state index is 12.2. The molecule has 2 rings (SSSR count). The van der Waals surface area contributed by atoms with Gasteiger partial charge in [-0.1, -0.05) is 0 Å². The number of carbonyl (C=O) groups is 1. The molecule has 1 aliphatic rings. The van der Waals surface area contributed by atoms with Gasteiger partial charge in [-0.25, -0.2) is 0 Å². The van der Waals surface area contributed by atoms with Crippen LogP contribution in [0.3, 0.4) is 0 Å². The Morgan fingerprint density at radius 2 is 1.95 bits per heavy atom. The molecule has 1 unspecified atom stereocenters. The largest absolute Gasteiger partial charge is 0.496 e. The molecule has 1 N–H and O–H groups in total. The monoisotopic (exact) mass is 261 g/mol. The van der Waals surface area contributed by atoms with Crippen molar-refractivity contribution in [1.82, 2.24) is 0 Å². The van der Waals surface area contributed by atoms with Crippen molar-refractivity contribution in [2.45, 2.75) is 24.9 Å². The van der Waals surface area contributed by atoms with Gasteiger partial charge in [-0.15, -0.1) is 0 Å². The molecule has 0 fully saturated rings. The molecule has 0 aromatic heterocycles. The van der Waals surface area contributed by atoms with Crippen molar-refractivity contribution in [2.75, 3.05) is 14.2 Å². The average molecular weight is 261 g/mol. The summed E-state index contributed by atoms with van der Waals surface area (Å²) in [6, 6.07) is 5.29. The van der Waals surface area contributed by atoms with Crippen molar-refractivity contribution in [3.63, 3.8) is 0 Å². The van der Waals surface area contributed by atoms with Gasteiger partial charge in [0.25, 0.3) is 0 Å². The van der Waals surface area contributed by atoms with Crippen LogP contribution in [0, 0.1) is 11.3 Å². The highest BCUT2D eigenvalue weighted by Crippen LogP contribution is 2.40. The fourth-order valence-electron chi connectivity index (χ4n) is 2.50. The Bertz CT molecular complexity index is 561. The van der Waals surface area contributed by atoms with Gasteiger partial charge in [-0.2, -0.15) is 5.26 Å². The zero-order valence-corrected chi connectivity index (χ0v) is 10.9. The Hall–Kier alpha value is -2.06. The molecule has 0 saturated heterocycles. The van der Waals surface area contributed by atoms with Crippen LogP contribution in [0.25, 0.3) is 0 Å². The lowest BCUT2D eigenvalue weighted by Crippen LogP contribution is -2.38. The molecule has 0 heterocycles. The molecule has 1 aliphatic carbocycles. The third kappa shape index (κ3) is 2.27. The second kappa shape index (κ2) is 4.90. The van der Waals surface area contributed by atoms with Crippen LogP contribution in [-0.4, -0.2) is 30.7 Å². The number of aliphatic hydroxyl groups is 1. The summed E-state index contributed by atoms with van der Waals surface area (Å²) < 4.78 is 10.4. The van der Waals surface area contributed by atoms with Crippen LogP contribution in [0.5, 0.6) is 11.5 Å². The Morgan fingerprint density at radius 3 is 2.53 bits per heavy atom. The van der Waals surface area contributed by atoms with E-state index in [9.17, 15) is 9.90 Å². The van der Waals surface area contributed by atoms with Crippen LogP contribution < -0.4 is 9.47 Å². The van der Waals surface area contributed by atoms with Gasteiger partial charge in [0.05, 0.1) is 37.9 Å². The quantitative estimate of drug-likeness (QED) is 0.891. The van der Waals surface area contributed by atoms with Gasteiger partial charge in [0, 0.05) is 18.4 Å². The summed E-state index contributed by atoms with van der Waals surface area (Å²) in [4.78, 5) is 12.2. The van der Waals surface area contributed by atoms with Crippen molar-refractivity contribution in [3.05, 3.63) is 23.3 Å². The highest BCUT2D eigenvalue weighted by Gasteiger charge is 2.39. The van der Waals surface area contributed by atoms with E-state index in [0.717, 1.165) is 0 Å². The minimum Gasteiger partial charge on any atom is -0.496 e. The van der Waals surface area contributed by atoms with E-state index >= 15 is 0 Å². The molecular weight excluding hydrogens is 246 g/mol. The minimum absolute atomic E-state index is 0.0723. The Balaban J connectivity index is 2.57. The third-order valence-electron chi connectivity index (χ3n) is 3.35. The topological polar surface area (TPSA) is 79.5 Å². The average Bonchev–Trinajstić information content (AvgIpc) is 2.37. The van der Waals surface area contributed by atoms with Gasteiger partial charge in [-0.3, -0.25) is 4.79 Å². The van der Waals surface area contributed by atoms with E-state index in [0.29, 0.717) is 22.6 Å². The van der Waals surface area contributed by atoms with E-state index in [1.165, 1.54) is 14.2 Å². The molecule has 0 amide bonds. The zero-order valence-electron chi connectivity index (χ0n) is 10.9. The third-order valence-corrected chi connectivity index (χ3v) is 3.35. The first-order valence-corrected chi connectivity index (χ1v) is 5.91. The number of Topliss-reactive ketones (excluding diaryl/α,β-unsaturated/α-hetero) is 1. The number of nitriles is 1. The predicted octanol–water partition coefficient (Wildman–Crippen LogP) is 1.48. The van der Waals surface area contributed by atoms with Gasteiger partial charge in [-0.05, 0) is 12.1 Å². The van der Waals surface area contributed by atoms with Crippen LogP contribution in [0.1, 0.15) is 28.8 Å². The number of ether oxygens (including phenoxy) is 2. The van der Waals surface area contributed by atoms with Gasteiger partial charge >= 0.3 is 0 Å². The standard InChI is InChI=1S/C14H15NO4/c1-18-11-3-4-12(19-2)13-9(11)7-14(17,5-6-15)8-10(13)16/h3-4,17H,5,7-8H2,1-2H3. The van der Waals surface area contributed by atoms with Crippen LogP contribution in [-0.2, 0) is 6.42 Å². The smallest absolute Gasteiger partial charge is 0.169 e. The Labute approximate surface area is 111 Å². The summed E-state index contributed by atoms with van der Waals surface area (Å²) in [6.45, 7) is 0. The molecule has 19 heavy (non-hydrogen) atoms. The van der Waals surface area contributed by atoms with Crippen LogP contribution in [0.15, 0.2) is 12.1 Å². The molecule has 5 nitrogen and oxygen atoms in total. The highest BCUT2D eigenvalue weighted by atomic mass is 16.5. The second-order valence-corrected chi connectivity index (χ2v) is 4.66. The van der Waals surface area contributed by atoms with E-state index in [1.54, 1.807) is 12.1 Å². The van der Waals surface area contributed by atoms with E-state index in [2.05, 4.69) is 0 Å². The maximum atomic E-state index is 12.2. The highest BCUT2D eigenvalue weighted by molar-refractivity contribution is 6.02. The molecule has 5 heteroatoms. The van der Waals surface area contributed by atoms with Crippen LogP contribution in [0.4, 0.5) is 0 Å². The fourth-order valence-corrected chi connectivity index (χ4v) is 2.50. The lowest BCUT2D eigenvalue weighted by Gasteiger charge is -2.32. The van der Waals surface area contributed by atoms with E-state index in [1.807, 2.05) is 6.07 Å². The molecule has 100 valence electrons. The number of hydrogen-bond donors (Lipinski definition) is 1. The first-order valence-electron chi connectivity index (χ1n) is 5.91. The summed E-state index contributed by atoms with van der Waals surface area (Å²) in [6.07, 6.45) is 0.0532. The number of carbonyl (C=O) groups excluding carboxylic acids is 1. The van der Waals surface area contributed by atoms with Crippen molar-refractivity contribution < 1.29 is 19.4 Å². The number of benzene rings is 1. The van der Waals surface area contributed by atoms with E-state index in [4.69, 9.17) is 14.7 Å². The molecule has 0 aliphatic heterocycles. The minimum atomic E-state index is -1.32. The Kier molecular flexibility index (Phi) is 3.45. The summed E-state index contributed by atoms with van der Waals surface area (Å²) in [5.41, 5.74) is -0.265. The molecule has 1 aromatic carbocycles. The lowest BCUT2D eigenvalue weighted by atomic mass is 9.77. The predicted molar refractivity (Wildman–Crippen MR) is 67.4 cm³/mol. The number of ketones is 1. The zero-order chi connectivity index (χ0) is 14.0. The normalized spacial score (nSPS) is 21.5. The molecule has 0 spiro atoms. The van der Waals surface area contributed by atoms with Crippen molar-refractivity contribution in [2.24, 2.45) is 0 Å². The lowest BCUT2D eigenvalue weighted by molar-refractivity contribution is 0.0292.